The van der Waals surface area contributed by atoms with Crippen molar-refractivity contribution < 1.29 is 14.7 Å². The lowest BCUT2D eigenvalue weighted by Gasteiger charge is -2.22. The van der Waals surface area contributed by atoms with Crippen molar-refractivity contribution in [2.45, 2.75) is 6.42 Å². The Balaban J connectivity index is 2.25. The highest BCUT2D eigenvalue weighted by molar-refractivity contribution is 6.31. The average molecular weight is 238 g/mol. The lowest BCUT2D eigenvalue weighted by Crippen LogP contribution is -2.24. The number of rotatable bonds is 0. The van der Waals surface area contributed by atoms with Gasteiger partial charge < -0.3 is 5.11 Å². The molecule has 0 saturated carbocycles. The summed E-state index contributed by atoms with van der Waals surface area (Å²) in [7, 11) is 0. The molecule has 0 fully saturated rings. The molecule has 0 radical (unpaired) electrons. The van der Waals surface area contributed by atoms with Gasteiger partial charge in [0.15, 0.2) is 11.6 Å². The number of hydrogen-bond donors (Lipinski definition) is 1. The van der Waals surface area contributed by atoms with Crippen molar-refractivity contribution in [1.29, 1.82) is 0 Å². The minimum absolute atomic E-state index is 0.117. The van der Waals surface area contributed by atoms with E-state index in [1.165, 1.54) is 0 Å². The minimum atomic E-state index is -0.157. The summed E-state index contributed by atoms with van der Waals surface area (Å²) in [4.78, 5) is 24.5. The Kier molecular flexibility index (Phi) is 2.27. The van der Waals surface area contributed by atoms with Gasteiger partial charge in [0, 0.05) is 22.3 Å². The molecule has 18 heavy (non-hydrogen) atoms. The lowest BCUT2D eigenvalue weighted by atomic mass is 9.78. The largest absolute Gasteiger partial charge is 0.515 e. The van der Waals surface area contributed by atoms with E-state index in [9.17, 15) is 9.59 Å². The number of ketones is 2. The Hall–Kier alpha value is -2.42. The summed E-state index contributed by atoms with van der Waals surface area (Å²) in [6.45, 7) is 0. The van der Waals surface area contributed by atoms with E-state index in [1.54, 1.807) is 36.4 Å². The molecule has 0 saturated heterocycles. The Bertz CT molecular complexity index is 660. The number of allylic oxidation sites excluding steroid dienone is 5. The van der Waals surface area contributed by atoms with Crippen molar-refractivity contribution in [3.63, 3.8) is 0 Å². The Morgan fingerprint density at radius 1 is 1.00 bits per heavy atom. The van der Waals surface area contributed by atoms with Gasteiger partial charge in [-0.15, -0.1) is 0 Å². The zero-order chi connectivity index (χ0) is 12.7. The summed E-state index contributed by atoms with van der Waals surface area (Å²) in [5, 5.41) is 9.00. The Morgan fingerprint density at radius 2 is 1.61 bits per heavy atom. The smallest absolute Gasteiger partial charge is 0.194 e. The van der Waals surface area contributed by atoms with Gasteiger partial charge in [-0.05, 0) is 18.1 Å². The maximum atomic E-state index is 12.3. The van der Waals surface area contributed by atoms with Crippen molar-refractivity contribution in [2.24, 2.45) is 0 Å². The zero-order valence-corrected chi connectivity index (χ0v) is 9.51. The van der Waals surface area contributed by atoms with Crippen LogP contribution in [0.3, 0.4) is 0 Å². The van der Waals surface area contributed by atoms with Gasteiger partial charge in [0.05, 0.1) is 6.26 Å². The normalized spacial score (nSPS) is 20.1. The number of Topliss-reactive ketones (excluding diaryl/α,β-unsaturated/α-hetero) is 2. The van der Waals surface area contributed by atoms with Crippen molar-refractivity contribution in [3.8, 4) is 0 Å². The molecule has 0 spiro atoms. The molecule has 0 aliphatic heterocycles. The fraction of sp³-hybridized carbons (Fsp3) is 0.0667. The van der Waals surface area contributed by atoms with Crippen LogP contribution < -0.4 is 0 Å². The van der Waals surface area contributed by atoms with Crippen LogP contribution >= 0.6 is 0 Å². The monoisotopic (exact) mass is 238 g/mol. The summed E-state index contributed by atoms with van der Waals surface area (Å²) >= 11 is 0. The minimum Gasteiger partial charge on any atom is -0.515 e. The highest BCUT2D eigenvalue weighted by Crippen LogP contribution is 2.33. The summed E-state index contributed by atoms with van der Waals surface area (Å²) in [6, 6.07) is 6.82. The second-order valence-electron chi connectivity index (χ2n) is 4.29. The van der Waals surface area contributed by atoms with Gasteiger partial charge in [-0.3, -0.25) is 9.59 Å². The predicted octanol–water partition coefficient (Wildman–Crippen LogP) is 2.76. The first-order chi connectivity index (χ1) is 8.72. The second kappa shape index (κ2) is 3.81. The molecule has 3 heteroatoms. The molecule has 1 aromatic carbocycles. The second-order valence-corrected chi connectivity index (χ2v) is 4.29. The van der Waals surface area contributed by atoms with Crippen molar-refractivity contribution in [3.05, 3.63) is 70.5 Å². The molecule has 0 atom stereocenters. The highest BCUT2D eigenvalue weighted by Gasteiger charge is 2.33. The maximum absolute atomic E-state index is 12.3. The van der Waals surface area contributed by atoms with Crippen LogP contribution in [0, 0.1) is 0 Å². The molecule has 0 amide bonds. The van der Waals surface area contributed by atoms with E-state index < -0.39 is 0 Å². The molecule has 1 N–H and O–H groups in total. The average Bonchev–Trinajstić information content (AvgIpc) is 2.44. The molecule has 0 aromatic heterocycles. The molecule has 3 nitrogen and oxygen atoms in total. The molecule has 0 heterocycles. The van der Waals surface area contributed by atoms with E-state index in [1.807, 2.05) is 0 Å². The van der Waals surface area contributed by atoms with Crippen LogP contribution in [0.2, 0.25) is 0 Å². The first-order valence-electron chi connectivity index (χ1n) is 5.66. The third kappa shape index (κ3) is 1.37. The van der Waals surface area contributed by atoms with Gasteiger partial charge in [0.25, 0.3) is 0 Å². The van der Waals surface area contributed by atoms with Gasteiger partial charge in [0.1, 0.15) is 0 Å². The Labute approximate surface area is 104 Å². The van der Waals surface area contributed by atoms with E-state index in [4.69, 9.17) is 5.11 Å². The van der Waals surface area contributed by atoms with E-state index in [0.29, 0.717) is 34.3 Å². The Morgan fingerprint density at radius 3 is 2.22 bits per heavy atom. The van der Waals surface area contributed by atoms with Crippen molar-refractivity contribution >= 4 is 11.6 Å². The molecule has 2 aliphatic carbocycles. The molecule has 0 unspecified atom stereocenters. The van der Waals surface area contributed by atoms with E-state index in [2.05, 4.69) is 0 Å². The number of aliphatic hydroxyl groups is 1. The molecular formula is C15H10O3. The van der Waals surface area contributed by atoms with Crippen molar-refractivity contribution in [2.75, 3.05) is 0 Å². The van der Waals surface area contributed by atoms with E-state index in [0.717, 1.165) is 6.26 Å². The van der Waals surface area contributed by atoms with E-state index in [-0.39, 0.29) is 11.6 Å². The molecule has 0 bridgehead atoms. The quantitative estimate of drug-likeness (QED) is 0.707. The molecule has 88 valence electrons. The first-order valence-corrected chi connectivity index (χ1v) is 5.66. The molecule has 2 aliphatic rings. The van der Waals surface area contributed by atoms with Gasteiger partial charge in [-0.1, -0.05) is 30.3 Å². The maximum Gasteiger partial charge on any atom is 0.194 e. The standard InChI is InChI=1S/C15H10O3/c16-8-9-5-6-12-13(7-9)15(18)11-4-2-1-3-10(11)14(12)17/h1-4,6-8,16H,5H2. The van der Waals surface area contributed by atoms with Crippen LogP contribution in [0.4, 0.5) is 0 Å². The molecule has 1 aromatic rings. The van der Waals surface area contributed by atoms with Crippen LogP contribution in [0.15, 0.2) is 59.4 Å². The van der Waals surface area contributed by atoms with Crippen LogP contribution in [0.5, 0.6) is 0 Å². The first kappa shape index (κ1) is 10.7. The SMILES string of the molecule is O=C1C2=CCC(=CO)C=C2C(=O)c2ccccc21. The van der Waals surface area contributed by atoms with Gasteiger partial charge >= 0.3 is 0 Å². The fourth-order valence-electron chi connectivity index (χ4n) is 2.31. The van der Waals surface area contributed by atoms with Crippen LogP contribution in [-0.4, -0.2) is 16.7 Å². The van der Waals surface area contributed by atoms with Gasteiger partial charge in [-0.2, -0.15) is 0 Å². The number of fused-ring (bicyclic) bond motifs is 2. The van der Waals surface area contributed by atoms with Crippen LogP contribution in [0.1, 0.15) is 27.1 Å². The van der Waals surface area contributed by atoms with E-state index >= 15 is 0 Å². The summed E-state index contributed by atoms with van der Waals surface area (Å²) in [6.07, 6.45) is 4.73. The number of aliphatic hydroxyl groups excluding tert-OH is 1. The molecular weight excluding hydrogens is 228 g/mol. The topological polar surface area (TPSA) is 54.4 Å². The number of carbonyl (C=O) groups is 2. The summed E-state index contributed by atoms with van der Waals surface area (Å²) < 4.78 is 0. The number of benzene rings is 1. The highest BCUT2D eigenvalue weighted by atomic mass is 16.2. The summed E-state index contributed by atoms with van der Waals surface area (Å²) in [5.41, 5.74) is 2.36. The third-order valence-corrected chi connectivity index (χ3v) is 3.23. The lowest BCUT2D eigenvalue weighted by molar-refractivity contribution is 0.0972. The third-order valence-electron chi connectivity index (χ3n) is 3.23. The van der Waals surface area contributed by atoms with Gasteiger partial charge in [-0.25, -0.2) is 0 Å². The summed E-state index contributed by atoms with van der Waals surface area (Å²) in [5.74, 6) is -0.274. The zero-order valence-electron chi connectivity index (χ0n) is 9.51. The van der Waals surface area contributed by atoms with Crippen LogP contribution in [-0.2, 0) is 0 Å². The molecule has 3 rings (SSSR count). The predicted molar refractivity (Wildman–Crippen MR) is 66.6 cm³/mol. The van der Waals surface area contributed by atoms with Crippen molar-refractivity contribution in [1.82, 2.24) is 0 Å². The van der Waals surface area contributed by atoms with Crippen LogP contribution in [0.25, 0.3) is 0 Å². The number of carbonyl (C=O) groups excluding carboxylic acids is 2. The number of hydrogen-bond acceptors (Lipinski definition) is 3. The fourth-order valence-corrected chi connectivity index (χ4v) is 2.31. The van der Waals surface area contributed by atoms with Gasteiger partial charge in [0.2, 0.25) is 0 Å².